The lowest BCUT2D eigenvalue weighted by Crippen LogP contribution is -1.98. The van der Waals surface area contributed by atoms with Gasteiger partial charge < -0.3 is 4.74 Å². The number of nitrogens with zero attached hydrogens (tertiary/aromatic N) is 1. The molecule has 2 aromatic rings. The Morgan fingerprint density at radius 1 is 1.47 bits per heavy atom. The van der Waals surface area contributed by atoms with Gasteiger partial charge >= 0.3 is 0 Å². The van der Waals surface area contributed by atoms with Crippen LogP contribution < -0.4 is 4.74 Å². The fourth-order valence-electron chi connectivity index (χ4n) is 1.73. The summed E-state index contributed by atoms with van der Waals surface area (Å²) in [5, 5.41) is 0. The maximum absolute atomic E-state index is 6.02. The van der Waals surface area contributed by atoms with Crippen LogP contribution in [0.4, 0.5) is 0 Å². The van der Waals surface area contributed by atoms with E-state index in [2.05, 4.69) is 4.98 Å². The topological polar surface area (TPSA) is 22.1 Å². The Morgan fingerprint density at radius 2 is 2.40 bits per heavy atom. The van der Waals surface area contributed by atoms with Crippen molar-refractivity contribution in [1.29, 1.82) is 0 Å². The fourth-order valence-corrected chi connectivity index (χ4v) is 3.03. The van der Waals surface area contributed by atoms with E-state index in [1.165, 1.54) is 5.56 Å². The lowest BCUT2D eigenvalue weighted by Gasteiger charge is -2.04. The van der Waals surface area contributed by atoms with Gasteiger partial charge in [0.1, 0.15) is 11.4 Å². The van der Waals surface area contributed by atoms with E-state index in [4.69, 9.17) is 16.3 Å². The summed E-state index contributed by atoms with van der Waals surface area (Å²) in [6.07, 6.45) is 2.68. The molecule has 0 saturated heterocycles. The van der Waals surface area contributed by atoms with Crippen LogP contribution in [0.2, 0.25) is 4.34 Å². The van der Waals surface area contributed by atoms with Gasteiger partial charge in [-0.2, -0.15) is 0 Å². The van der Waals surface area contributed by atoms with Gasteiger partial charge in [-0.1, -0.05) is 11.6 Å². The number of hydrogen-bond donors (Lipinski definition) is 0. The molecule has 1 aliphatic rings. The Balaban J connectivity index is 2.26. The van der Waals surface area contributed by atoms with Crippen LogP contribution in [0.1, 0.15) is 5.56 Å². The molecule has 0 saturated carbocycles. The number of ether oxygens (including phenoxy) is 1. The van der Waals surface area contributed by atoms with Crippen molar-refractivity contribution < 1.29 is 4.74 Å². The van der Waals surface area contributed by atoms with Gasteiger partial charge in [-0.15, -0.1) is 11.3 Å². The highest BCUT2D eigenvalue weighted by Gasteiger charge is 2.18. The van der Waals surface area contributed by atoms with Gasteiger partial charge in [0.05, 0.1) is 15.8 Å². The third-order valence-electron chi connectivity index (χ3n) is 2.39. The summed E-state index contributed by atoms with van der Waals surface area (Å²) in [4.78, 5) is 5.51. The number of fused-ring (bicyclic) bond motifs is 3. The molecule has 0 bridgehead atoms. The summed E-state index contributed by atoms with van der Waals surface area (Å²) in [5.74, 6) is 0.856. The second-order valence-electron chi connectivity index (χ2n) is 3.35. The van der Waals surface area contributed by atoms with Crippen molar-refractivity contribution in [3.05, 3.63) is 34.3 Å². The van der Waals surface area contributed by atoms with E-state index in [1.54, 1.807) is 17.5 Å². The van der Waals surface area contributed by atoms with Crippen LogP contribution in [0.3, 0.4) is 0 Å². The van der Waals surface area contributed by atoms with Crippen molar-refractivity contribution >= 4 is 22.9 Å². The molecule has 1 aliphatic heterocycles. The fraction of sp³-hybridized carbons (Fsp3) is 0.182. The van der Waals surface area contributed by atoms with Gasteiger partial charge in [-0.3, -0.25) is 4.98 Å². The van der Waals surface area contributed by atoms with E-state index in [1.807, 2.05) is 18.2 Å². The highest BCUT2D eigenvalue weighted by Crippen LogP contribution is 2.40. The predicted octanol–water partition coefficient (Wildman–Crippen LogP) is 3.40. The van der Waals surface area contributed by atoms with Crippen molar-refractivity contribution in [2.24, 2.45) is 0 Å². The number of hydrogen-bond acceptors (Lipinski definition) is 3. The van der Waals surface area contributed by atoms with Crippen molar-refractivity contribution in [1.82, 2.24) is 4.98 Å². The summed E-state index contributed by atoms with van der Waals surface area (Å²) < 4.78 is 6.45. The second-order valence-corrected chi connectivity index (χ2v) is 5.04. The molecule has 0 radical (unpaired) electrons. The molecular weight excluding hydrogens is 230 g/mol. The SMILES string of the molecule is Clc1cc2c(s1)-c1ncccc1OCC2. The average Bonchev–Trinajstić information content (AvgIpc) is 2.52. The van der Waals surface area contributed by atoms with Gasteiger partial charge in [0.2, 0.25) is 0 Å². The molecule has 0 aromatic carbocycles. The van der Waals surface area contributed by atoms with E-state index in [0.29, 0.717) is 6.61 Å². The van der Waals surface area contributed by atoms with Crippen LogP contribution in [0.15, 0.2) is 24.4 Å². The average molecular weight is 238 g/mol. The van der Waals surface area contributed by atoms with Crippen LogP contribution in [-0.4, -0.2) is 11.6 Å². The summed E-state index contributed by atoms with van der Waals surface area (Å²) in [5.41, 5.74) is 2.16. The Hall–Kier alpha value is -1.06. The van der Waals surface area contributed by atoms with Gasteiger partial charge in [0.25, 0.3) is 0 Å². The third-order valence-corrected chi connectivity index (χ3v) is 3.71. The normalized spacial score (nSPS) is 13.7. The van der Waals surface area contributed by atoms with Gasteiger partial charge in [-0.25, -0.2) is 0 Å². The van der Waals surface area contributed by atoms with Crippen molar-refractivity contribution in [2.45, 2.75) is 6.42 Å². The van der Waals surface area contributed by atoms with Gasteiger partial charge in [-0.05, 0) is 23.8 Å². The first-order valence-electron chi connectivity index (χ1n) is 4.71. The summed E-state index contributed by atoms with van der Waals surface area (Å²) in [7, 11) is 0. The van der Waals surface area contributed by atoms with Crippen LogP contribution in [-0.2, 0) is 6.42 Å². The number of aromatic nitrogens is 1. The van der Waals surface area contributed by atoms with E-state index >= 15 is 0 Å². The zero-order chi connectivity index (χ0) is 10.3. The predicted molar refractivity (Wildman–Crippen MR) is 61.8 cm³/mol. The number of pyridine rings is 1. The van der Waals surface area contributed by atoms with Gasteiger partial charge in [0, 0.05) is 12.6 Å². The van der Waals surface area contributed by atoms with Crippen LogP contribution in [0, 0.1) is 0 Å². The Bertz CT molecular complexity index is 509. The standard InChI is InChI=1S/C11H8ClNOS/c12-9-6-7-3-5-14-8-2-1-4-13-10(8)11(7)15-9/h1-2,4,6H,3,5H2. The molecule has 2 nitrogen and oxygen atoms in total. The molecule has 0 amide bonds. The quantitative estimate of drug-likeness (QED) is 0.701. The van der Waals surface area contributed by atoms with E-state index in [-0.39, 0.29) is 0 Å². The van der Waals surface area contributed by atoms with Crippen molar-refractivity contribution in [2.75, 3.05) is 6.61 Å². The third kappa shape index (κ3) is 1.52. The number of rotatable bonds is 0. The molecule has 0 aliphatic carbocycles. The Kier molecular flexibility index (Phi) is 2.15. The maximum Gasteiger partial charge on any atom is 0.146 e. The molecule has 2 aromatic heterocycles. The molecule has 4 heteroatoms. The van der Waals surface area contributed by atoms with Crippen LogP contribution >= 0.6 is 22.9 Å². The molecule has 0 N–H and O–H groups in total. The number of halogens is 1. The first kappa shape index (κ1) is 9.19. The molecule has 0 atom stereocenters. The molecule has 0 spiro atoms. The lowest BCUT2D eigenvalue weighted by atomic mass is 10.1. The van der Waals surface area contributed by atoms with Crippen LogP contribution in [0.5, 0.6) is 5.75 Å². The molecule has 0 fully saturated rings. The summed E-state index contributed by atoms with van der Waals surface area (Å²) in [6.45, 7) is 0.693. The summed E-state index contributed by atoms with van der Waals surface area (Å²) in [6, 6.07) is 5.85. The Morgan fingerprint density at radius 3 is 3.33 bits per heavy atom. The zero-order valence-corrected chi connectivity index (χ0v) is 9.44. The Labute approximate surface area is 96.5 Å². The maximum atomic E-state index is 6.02. The smallest absolute Gasteiger partial charge is 0.146 e. The first-order valence-corrected chi connectivity index (χ1v) is 5.90. The van der Waals surface area contributed by atoms with Crippen molar-refractivity contribution in [3.63, 3.8) is 0 Å². The highest BCUT2D eigenvalue weighted by molar-refractivity contribution is 7.19. The van der Waals surface area contributed by atoms with E-state index in [9.17, 15) is 0 Å². The molecule has 0 unspecified atom stereocenters. The second kappa shape index (κ2) is 3.51. The van der Waals surface area contributed by atoms with Gasteiger partial charge in [0.15, 0.2) is 0 Å². The largest absolute Gasteiger partial charge is 0.491 e. The minimum atomic E-state index is 0.693. The van der Waals surface area contributed by atoms with E-state index < -0.39 is 0 Å². The zero-order valence-electron chi connectivity index (χ0n) is 7.87. The lowest BCUT2D eigenvalue weighted by molar-refractivity contribution is 0.325. The van der Waals surface area contributed by atoms with Crippen LogP contribution in [0.25, 0.3) is 10.6 Å². The minimum absolute atomic E-state index is 0.693. The van der Waals surface area contributed by atoms with E-state index in [0.717, 1.165) is 27.1 Å². The molecule has 76 valence electrons. The summed E-state index contributed by atoms with van der Waals surface area (Å²) >= 11 is 7.59. The molecule has 3 heterocycles. The molecular formula is C11H8ClNOS. The highest BCUT2D eigenvalue weighted by atomic mass is 35.5. The molecule has 3 rings (SSSR count). The number of thiophene rings is 1. The van der Waals surface area contributed by atoms with Crippen molar-refractivity contribution in [3.8, 4) is 16.3 Å². The molecule has 15 heavy (non-hydrogen) atoms. The monoisotopic (exact) mass is 237 g/mol. The minimum Gasteiger partial charge on any atom is -0.491 e. The first-order chi connectivity index (χ1) is 7.34.